The Balaban J connectivity index is 1.98. The van der Waals surface area contributed by atoms with E-state index in [1.54, 1.807) is 16.5 Å². The van der Waals surface area contributed by atoms with Crippen LogP contribution in [0.15, 0.2) is 66.7 Å². The summed E-state index contributed by atoms with van der Waals surface area (Å²) >= 11 is 0. The molecule has 2 nitrogen and oxygen atoms in total. The first-order valence-corrected chi connectivity index (χ1v) is 9.89. The van der Waals surface area contributed by atoms with E-state index in [1.807, 2.05) is 42.5 Å². The molecule has 5 aromatic rings. The van der Waals surface area contributed by atoms with Gasteiger partial charge < -0.3 is 0 Å². The number of halogens is 2. The van der Waals surface area contributed by atoms with Crippen LogP contribution in [0, 0.1) is 6.85 Å². The molecule has 0 saturated carbocycles. The highest BCUT2D eigenvalue weighted by atomic mass is 19.3. The Hall–Kier alpha value is -3.27. The highest BCUT2D eigenvalue weighted by Gasteiger charge is 2.56. The molecule has 4 heteroatoms. The van der Waals surface area contributed by atoms with E-state index >= 15 is 8.78 Å². The maximum Gasteiger partial charge on any atom is 0.285 e. The van der Waals surface area contributed by atoms with Crippen molar-refractivity contribution in [3.05, 3.63) is 83.6 Å². The van der Waals surface area contributed by atoms with E-state index in [4.69, 9.17) is 9.10 Å². The number of hydrogen-bond acceptors (Lipinski definition) is 1. The summed E-state index contributed by atoms with van der Waals surface area (Å²) in [5, 5.41) is 1.68. The molecule has 148 valence electrons. The van der Waals surface area contributed by atoms with Crippen molar-refractivity contribution < 1.29 is 12.9 Å². The van der Waals surface area contributed by atoms with Gasteiger partial charge in [-0.05, 0) is 31.6 Å². The van der Waals surface area contributed by atoms with E-state index in [-0.39, 0.29) is 16.6 Å². The van der Waals surface area contributed by atoms with Crippen LogP contribution in [0.1, 0.15) is 34.8 Å². The van der Waals surface area contributed by atoms with Gasteiger partial charge in [-0.2, -0.15) is 0 Å². The minimum absolute atomic E-state index is 0.0655. The predicted molar refractivity (Wildman–Crippen MR) is 117 cm³/mol. The van der Waals surface area contributed by atoms with Crippen molar-refractivity contribution in [2.45, 2.75) is 32.0 Å². The van der Waals surface area contributed by atoms with Crippen LogP contribution in [-0.4, -0.2) is 9.38 Å². The van der Waals surface area contributed by atoms with Gasteiger partial charge in [-0.1, -0.05) is 66.7 Å². The van der Waals surface area contributed by atoms with Gasteiger partial charge in [-0.25, -0.2) is 13.8 Å². The van der Waals surface area contributed by atoms with Crippen molar-refractivity contribution in [3.63, 3.8) is 0 Å². The van der Waals surface area contributed by atoms with Crippen LogP contribution < -0.4 is 0 Å². The molecule has 0 amide bonds. The molecule has 0 radical (unpaired) electrons. The van der Waals surface area contributed by atoms with E-state index in [0.717, 1.165) is 10.9 Å². The third kappa shape index (κ3) is 1.89. The fourth-order valence-corrected chi connectivity index (χ4v) is 4.92. The van der Waals surface area contributed by atoms with E-state index in [9.17, 15) is 0 Å². The highest BCUT2D eigenvalue weighted by Crippen LogP contribution is 2.55. The molecular weight excluding hydrogens is 378 g/mol. The van der Waals surface area contributed by atoms with Gasteiger partial charge in [0, 0.05) is 26.0 Å². The second-order valence-electron chi connectivity index (χ2n) is 8.46. The van der Waals surface area contributed by atoms with Crippen LogP contribution >= 0.6 is 0 Å². The van der Waals surface area contributed by atoms with Gasteiger partial charge in [0.1, 0.15) is 5.65 Å². The number of hydrogen-bond donors (Lipinski definition) is 0. The van der Waals surface area contributed by atoms with Crippen molar-refractivity contribution in [1.82, 2.24) is 9.38 Å². The number of nitrogens with zero attached hydrogens (tertiary/aromatic N) is 2. The minimum atomic E-state index is -3.24. The Kier molecular flexibility index (Phi) is 2.67. The van der Waals surface area contributed by atoms with E-state index < -0.39 is 18.2 Å². The molecular formula is C26H20F2N2. The lowest BCUT2D eigenvalue weighted by Gasteiger charge is -2.39. The van der Waals surface area contributed by atoms with E-state index in [0.29, 0.717) is 27.8 Å². The summed E-state index contributed by atoms with van der Waals surface area (Å²) in [5.41, 5.74) is 0.717. The summed E-state index contributed by atoms with van der Waals surface area (Å²) in [6.07, 6.45) is 0. The van der Waals surface area contributed by atoms with Crippen molar-refractivity contribution in [2.24, 2.45) is 0 Å². The summed E-state index contributed by atoms with van der Waals surface area (Å²) in [7, 11) is 0. The number of alkyl halides is 2. The van der Waals surface area contributed by atoms with Crippen LogP contribution in [0.2, 0.25) is 0 Å². The Morgan fingerprint density at radius 3 is 2.33 bits per heavy atom. The van der Waals surface area contributed by atoms with Crippen molar-refractivity contribution >= 4 is 27.3 Å². The van der Waals surface area contributed by atoms with Crippen LogP contribution in [0.25, 0.3) is 38.6 Å². The molecule has 0 atom stereocenters. The number of pyridine rings is 1. The maximum atomic E-state index is 16.2. The number of aromatic nitrogens is 2. The van der Waals surface area contributed by atoms with Crippen molar-refractivity contribution in [1.29, 1.82) is 0 Å². The van der Waals surface area contributed by atoms with Gasteiger partial charge in [0.15, 0.2) is 0 Å². The molecule has 6 rings (SSSR count). The Morgan fingerprint density at radius 2 is 1.60 bits per heavy atom. The lowest BCUT2D eigenvalue weighted by Crippen LogP contribution is -2.42. The summed E-state index contributed by atoms with van der Waals surface area (Å²) in [4.78, 5) is 4.91. The molecule has 2 aromatic heterocycles. The average molecular weight is 401 g/mol. The molecule has 0 fully saturated rings. The second-order valence-corrected chi connectivity index (χ2v) is 8.46. The molecule has 1 aliphatic heterocycles. The van der Waals surface area contributed by atoms with Gasteiger partial charge >= 0.3 is 0 Å². The van der Waals surface area contributed by atoms with Gasteiger partial charge in [0.05, 0.1) is 22.3 Å². The second kappa shape index (κ2) is 5.45. The number of aryl methyl sites for hydroxylation is 1. The summed E-state index contributed by atoms with van der Waals surface area (Å²) in [5.74, 6) is -3.24. The third-order valence-corrected chi connectivity index (χ3v) is 6.48. The topological polar surface area (TPSA) is 17.3 Å². The normalized spacial score (nSPS) is 18.6. The zero-order chi connectivity index (χ0) is 23.3. The van der Waals surface area contributed by atoms with Crippen LogP contribution in [0.5, 0.6) is 0 Å². The van der Waals surface area contributed by atoms with Gasteiger partial charge in [-0.15, -0.1) is 0 Å². The largest absolute Gasteiger partial charge is 0.294 e. The zero-order valence-electron chi connectivity index (χ0n) is 19.5. The molecule has 3 heterocycles. The first kappa shape index (κ1) is 14.7. The number of benzene rings is 3. The van der Waals surface area contributed by atoms with Gasteiger partial charge in [0.2, 0.25) is 0 Å². The Bertz CT molecular complexity index is 1600. The predicted octanol–water partition coefficient (Wildman–Crippen LogP) is 7.00. The molecule has 0 spiro atoms. The lowest BCUT2D eigenvalue weighted by atomic mass is 9.74. The number of fused-ring (bicyclic) bond motifs is 3. The fraction of sp³-hybridized carbons (Fsp3) is 0.192. The molecule has 30 heavy (non-hydrogen) atoms. The van der Waals surface area contributed by atoms with Crippen LogP contribution in [0.4, 0.5) is 8.78 Å². The van der Waals surface area contributed by atoms with Gasteiger partial charge in [-0.3, -0.25) is 4.40 Å². The SMILES string of the molecule is [2H]C([2H])([2H])c1ccc2c3c1c1ccccc1c1nc(-c4ccccc4)c(n13)C(C)(C)C2(F)F. The molecule has 0 N–H and O–H groups in total. The molecule has 1 aliphatic rings. The Labute approximate surface area is 177 Å². The van der Waals surface area contributed by atoms with Crippen molar-refractivity contribution in [2.75, 3.05) is 0 Å². The molecule has 0 aliphatic carbocycles. The first-order chi connectivity index (χ1) is 15.5. The number of rotatable bonds is 1. The standard InChI is InChI=1S/C26H20F2N2/c1-15-13-14-19-22-20(15)17-11-7-8-12-18(17)24-29-21(16-9-5-4-6-10-16)23(30(22)24)25(2,3)26(19,27)28/h4-14H,1-3H3/i1D3. The van der Waals surface area contributed by atoms with Crippen LogP contribution in [-0.2, 0) is 11.3 Å². The summed E-state index contributed by atoms with van der Waals surface area (Å²) in [6, 6.07) is 19.2. The minimum Gasteiger partial charge on any atom is -0.294 e. The number of imidazole rings is 1. The molecule has 0 saturated heterocycles. The molecule has 3 aromatic carbocycles. The van der Waals surface area contributed by atoms with Crippen molar-refractivity contribution in [3.8, 4) is 11.3 Å². The van der Waals surface area contributed by atoms with Crippen LogP contribution in [0.3, 0.4) is 0 Å². The smallest absolute Gasteiger partial charge is 0.285 e. The molecule has 0 unspecified atom stereocenters. The van der Waals surface area contributed by atoms with E-state index in [2.05, 4.69) is 0 Å². The summed E-state index contributed by atoms with van der Waals surface area (Å²) < 4.78 is 58.5. The fourth-order valence-electron chi connectivity index (χ4n) is 4.92. The quantitative estimate of drug-likeness (QED) is 0.276. The highest BCUT2D eigenvalue weighted by molar-refractivity contribution is 6.14. The maximum absolute atomic E-state index is 16.2. The first-order valence-electron chi connectivity index (χ1n) is 11.4. The third-order valence-electron chi connectivity index (χ3n) is 6.48. The molecule has 0 bridgehead atoms. The average Bonchev–Trinajstić information content (AvgIpc) is 3.19. The Morgan fingerprint density at radius 1 is 0.900 bits per heavy atom. The van der Waals surface area contributed by atoms with E-state index in [1.165, 1.54) is 26.0 Å². The monoisotopic (exact) mass is 401 g/mol. The lowest BCUT2D eigenvalue weighted by molar-refractivity contribution is -0.0756. The summed E-state index contributed by atoms with van der Waals surface area (Å²) in [6.45, 7) is 0.606. The zero-order valence-corrected chi connectivity index (χ0v) is 16.5. The van der Waals surface area contributed by atoms with Gasteiger partial charge in [0.25, 0.3) is 5.92 Å².